The van der Waals surface area contributed by atoms with Gasteiger partial charge in [-0.1, -0.05) is 42.5 Å². The van der Waals surface area contributed by atoms with Crippen LogP contribution >= 0.6 is 0 Å². The molecule has 0 heterocycles. The van der Waals surface area contributed by atoms with Gasteiger partial charge in [-0.25, -0.2) is 4.79 Å². The molecule has 2 N–H and O–H groups in total. The minimum atomic E-state index is -0.570. The summed E-state index contributed by atoms with van der Waals surface area (Å²) in [5.74, 6) is -0.978. The van der Waals surface area contributed by atoms with Crippen LogP contribution in [0, 0.1) is 13.8 Å². The number of hydrogen-bond acceptors (Lipinski definition) is 5. The number of hydrogen-bond donors (Lipinski definition) is 2. The third-order valence-electron chi connectivity index (χ3n) is 6.34. The van der Waals surface area contributed by atoms with Crippen LogP contribution in [-0.4, -0.2) is 24.5 Å². The lowest BCUT2D eigenvalue weighted by Gasteiger charge is -2.29. The second kappa shape index (κ2) is 12.1. The van der Waals surface area contributed by atoms with Gasteiger partial charge < -0.3 is 20.3 Å². The third kappa shape index (κ3) is 6.40. The summed E-state index contributed by atoms with van der Waals surface area (Å²) in [6.45, 7) is 7.94. The fourth-order valence-electron chi connectivity index (χ4n) is 4.25. The van der Waals surface area contributed by atoms with E-state index in [1.165, 1.54) is 0 Å². The monoisotopic (exact) mass is 507 g/mol. The molecule has 6 heteroatoms. The molecule has 0 saturated carbocycles. The Kier molecular flexibility index (Phi) is 8.44. The number of ether oxygens (including phenoxy) is 1. The zero-order valence-corrected chi connectivity index (χ0v) is 22.2. The maximum absolute atomic E-state index is 12.8. The van der Waals surface area contributed by atoms with Crippen LogP contribution in [0.25, 0.3) is 0 Å². The summed E-state index contributed by atoms with van der Waals surface area (Å²) in [7, 11) is 0. The first-order valence-electron chi connectivity index (χ1n) is 12.7. The van der Waals surface area contributed by atoms with Crippen molar-refractivity contribution in [3.8, 4) is 0 Å². The molecule has 0 aliphatic rings. The number of nitrogens with one attached hydrogen (secondary N) is 2. The molecule has 0 bridgehead atoms. The van der Waals surface area contributed by atoms with Gasteiger partial charge in [0.2, 0.25) is 0 Å². The molecule has 0 aliphatic carbocycles. The van der Waals surface area contributed by atoms with Crippen LogP contribution in [0.3, 0.4) is 0 Å². The molecule has 0 unspecified atom stereocenters. The van der Waals surface area contributed by atoms with Crippen LogP contribution < -0.4 is 15.5 Å². The summed E-state index contributed by atoms with van der Waals surface area (Å²) in [4.78, 5) is 27.6. The van der Waals surface area contributed by atoms with Crippen molar-refractivity contribution in [2.75, 3.05) is 22.1 Å². The minimum Gasteiger partial charge on any atom is -0.452 e. The maximum Gasteiger partial charge on any atom is 0.340 e. The van der Waals surface area contributed by atoms with Gasteiger partial charge >= 0.3 is 5.97 Å². The van der Waals surface area contributed by atoms with E-state index in [1.54, 1.807) is 12.1 Å². The number of esters is 1. The number of carbonyl (C=O) groups excluding carboxylic acids is 2. The number of nitrogens with zero attached hydrogens (tertiary/aromatic N) is 1. The van der Waals surface area contributed by atoms with Crippen molar-refractivity contribution in [3.05, 3.63) is 114 Å². The Bertz CT molecular complexity index is 1400. The molecule has 0 aromatic heterocycles. The molecule has 4 aromatic carbocycles. The van der Waals surface area contributed by atoms with E-state index >= 15 is 0 Å². The van der Waals surface area contributed by atoms with E-state index in [0.717, 1.165) is 28.2 Å². The largest absolute Gasteiger partial charge is 0.452 e. The van der Waals surface area contributed by atoms with Crippen molar-refractivity contribution in [2.24, 2.45) is 0 Å². The fourth-order valence-corrected chi connectivity index (χ4v) is 4.25. The van der Waals surface area contributed by atoms with Gasteiger partial charge in [0.05, 0.1) is 11.3 Å². The summed E-state index contributed by atoms with van der Waals surface area (Å²) in [6.07, 6.45) is 0. The van der Waals surface area contributed by atoms with Crippen molar-refractivity contribution < 1.29 is 14.3 Å². The standard InChI is InChI=1S/C32H33N3O3/c1-22(2)35(26-12-6-5-7-13-26)27-19-17-25(18-20-27)33-31(36)21-38-32(37)28-14-8-9-15-30(28)34-29-16-10-11-23(3)24(29)4/h5-20,22,34H,21H2,1-4H3,(H,33,36). The van der Waals surface area contributed by atoms with Crippen LogP contribution in [0.5, 0.6) is 0 Å². The van der Waals surface area contributed by atoms with Crippen molar-refractivity contribution in [2.45, 2.75) is 33.7 Å². The molecular formula is C32H33N3O3. The van der Waals surface area contributed by atoms with Crippen molar-refractivity contribution in [1.82, 2.24) is 0 Å². The van der Waals surface area contributed by atoms with Crippen molar-refractivity contribution >= 4 is 40.3 Å². The smallest absolute Gasteiger partial charge is 0.340 e. The highest BCUT2D eigenvalue weighted by molar-refractivity contribution is 5.99. The number of anilines is 5. The highest BCUT2D eigenvalue weighted by Crippen LogP contribution is 2.29. The Labute approximate surface area is 224 Å². The molecule has 1 amide bonds. The molecular weight excluding hydrogens is 474 g/mol. The molecule has 4 aromatic rings. The van der Waals surface area contributed by atoms with E-state index in [0.29, 0.717) is 16.9 Å². The zero-order valence-electron chi connectivity index (χ0n) is 22.2. The van der Waals surface area contributed by atoms with Crippen LogP contribution in [0.1, 0.15) is 35.3 Å². The number of para-hydroxylation sites is 2. The van der Waals surface area contributed by atoms with Gasteiger partial charge in [-0.05, 0) is 93.4 Å². The Hall–Kier alpha value is -4.58. The normalized spacial score (nSPS) is 10.7. The van der Waals surface area contributed by atoms with E-state index < -0.39 is 11.9 Å². The Morgan fingerprint density at radius 3 is 2.11 bits per heavy atom. The summed E-state index contributed by atoms with van der Waals surface area (Å²) < 4.78 is 5.35. The van der Waals surface area contributed by atoms with E-state index in [9.17, 15) is 9.59 Å². The highest BCUT2D eigenvalue weighted by atomic mass is 16.5. The van der Waals surface area contributed by atoms with Gasteiger partial charge in [0.15, 0.2) is 6.61 Å². The van der Waals surface area contributed by atoms with Gasteiger partial charge in [-0.15, -0.1) is 0 Å². The predicted molar refractivity (Wildman–Crippen MR) is 155 cm³/mol. The van der Waals surface area contributed by atoms with Crippen molar-refractivity contribution in [3.63, 3.8) is 0 Å². The Morgan fingerprint density at radius 2 is 1.39 bits per heavy atom. The topological polar surface area (TPSA) is 70.7 Å². The van der Waals surface area contributed by atoms with E-state index in [4.69, 9.17) is 4.74 Å². The molecule has 0 aliphatic heterocycles. The van der Waals surface area contributed by atoms with Crippen molar-refractivity contribution in [1.29, 1.82) is 0 Å². The van der Waals surface area contributed by atoms with Gasteiger partial charge in [0.1, 0.15) is 0 Å². The Morgan fingerprint density at radius 1 is 0.763 bits per heavy atom. The van der Waals surface area contributed by atoms with Gasteiger partial charge in [0, 0.05) is 28.8 Å². The molecule has 6 nitrogen and oxygen atoms in total. The van der Waals surface area contributed by atoms with E-state index in [1.807, 2.05) is 86.6 Å². The lowest BCUT2D eigenvalue weighted by atomic mass is 10.1. The Balaban J connectivity index is 1.37. The quantitative estimate of drug-likeness (QED) is 0.231. The number of aryl methyl sites for hydroxylation is 1. The van der Waals surface area contributed by atoms with Gasteiger partial charge in [0.25, 0.3) is 5.91 Å². The average Bonchev–Trinajstić information content (AvgIpc) is 2.92. The summed E-state index contributed by atoms with van der Waals surface area (Å²) in [5.41, 5.74) is 6.88. The van der Waals surface area contributed by atoms with Gasteiger partial charge in [-0.3, -0.25) is 4.79 Å². The number of carbonyl (C=O) groups is 2. The first-order chi connectivity index (χ1) is 18.3. The molecule has 38 heavy (non-hydrogen) atoms. The molecule has 0 atom stereocenters. The average molecular weight is 508 g/mol. The maximum atomic E-state index is 12.8. The molecule has 0 saturated heterocycles. The summed E-state index contributed by atoms with van der Waals surface area (Å²) >= 11 is 0. The molecule has 0 spiro atoms. The SMILES string of the molecule is Cc1cccc(Nc2ccccc2C(=O)OCC(=O)Nc2ccc(N(c3ccccc3)C(C)C)cc2)c1C. The van der Waals surface area contributed by atoms with Crippen LogP contribution in [0.4, 0.5) is 28.4 Å². The summed E-state index contributed by atoms with van der Waals surface area (Å²) in [5, 5.41) is 6.12. The number of benzene rings is 4. The lowest BCUT2D eigenvalue weighted by molar-refractivity contribution is -0.119. The van der Waals surface area contributed by atoms with E-state index in [2.05, 4.69) is 41.5 Å². The van der Waals surface area contributed by atoms with Crippen LogP contribution in [0.15, 0.2) is 97.1 Å². The number of rotatable bonds is 9. The van der Waals surface area contributed by atoms with Crippen LogP contribution in [-0.2, 0) is 9.53 Å². The zero-order chi connectivity index (χ0) is 27.1. The second-order valence-corrected chi connectivity index (χ2v) is 9.39. The molecule has 4 rings (SSSR count). The first-order valence-corrected chi connectivity index (χ1v) is 12.7. The fraction of sp³-hybridized carbons (Fsp3) is 0.188. The van der Waals surface area contributed by atoms with Crippen LogP contribution in [0.2, 0.25) is 0 Å². The van der Waals surface area contributed by atoms with Gasteiger partial charge in [-0.2, -0.15) is 0 Å². The minimum absolute atomic E-state index is 0.254. The highest BCUT2D eigenvalue weighted by Gasteiger charge is 2.16. The first kappa shape index (κ1) is 26.5. The number of amides is 1. The summed E-state index contributed by atoms with van der Waals surface area (Å²) in [6, 6.07) is 31.1. The second-order valence-electron chi connectivity index (χ2n) is 9.39. The lowest BCUT2D eigenvalue weighted by Crippen LogP contribution is -2.25. The molecule has 194 valence electrons. The molecule has 0 fully saturated rings. The predicted octanol–water partition coefficient (Wildman–Crippen LogP) is 7.39. The van der Waals surface area contributed by atoms with E-state index in [-0.39, 0.29) is 12.6 Å². The third-order valence-corrected chi connectivity index (χ3v) is 6.34. The molecule has 0 radical (unpaired) electrons.